The van der Waals surface area contributed by atoms with Crippen LogP contribution in [0.25, 0.3) is 0 Å². The zero-order valence-electron chi connectivity index (χ0n) is 18.7. The molecule has 0 bridgehead atoms. The molecule has 3 amide bonds. The second-order valence-corrected chi connectivity index (χ2v) is 7.73. The molecule has 0 aromatic carbocycles. The molecule has 11 N–H and O–H groups in total. The molecular formula is C19H33N9O5. The lowest BCUT2D eigenvalue weighted by Gasteiger charge is -2.24. The van der Waals surface area contributed by atoms with Gasteiger partial charge in [0.1, 0.15) is 18.6 Å². The Kier molecular flexibility index (Phi) is 11.3. The molecule has 0 fully saturated rings. The minimum Gasteiger partial charge on any atom is -0.480 e. The first-order valence-electron chi connectivity index (χ1n) is 10.4. The molecule has 1 aromatic rings. The molecule has 14 nitrogen and oxygen atoms in total. The van der Waals surface area contributed by atoms with Crippen molar-refractivity contribution >= 4 is 29.7 Å². The highest BCUT2D eigenvalue weighted by atomic mass is 16.4. The van der Waals surface area contributed by atoms with Crippen molar-refractivity contribution in [3.63, 3.8) is 0 Å². The summed E-state index contributed by atoms with van der Waals surface area (Å²) in [5, 5.41) is 16.2. The van der Waals surface area contributed by atoms with Gasteiger partial charge in [0.25, 0.3) is 0 Å². The molecule has 14 heteroatoms. The number of nitrogens with two attached hydrogens (primary N) is 3. The van der Waals surface area contributed by atoms with Gasteiger partial charge in [0.2, 0.25) is 17.7 Å². The van der Waals surface area contributed by atoms with E-state index >= 15 is 0 Å². The minimum atomic E-state index is -1.24. The fourth-order valence-corrected chi connectivity index (χ4v) is 2.73. The number of guanidine groups is 1. The topological polar surface area (TPSA) is 244 Å². The number of carbonyl (C=O) groups is 4. The van der Waals surface area contributed by atoms with E-state index in [1.54, 1.807) is 13.8 Å². The first-order chi connectivity index (χ1) is 15.5. The zero-order valence-corrected chi connectivity index (χ0v) is 18.7. The largest absolute Gasteiger partial charge is 0.480 e. The molecule has 0 spiro atoms. The van der Waals surface area contributed by atoms with Gasteiger partial charge in [-0.3, -0.25) is 24.2 Å². The normalized spacial score (nSPS) is 13.5. The summed E-state index contributed by atoms with van der Waals surface area (Å²) in [5.74, 6) is -3.38. The van der Waals surface area contributed by atoms with Crippen LogP contribution in [-0.2, 0) is 25.6 Å². The highest BCUT2D eigenvalue weighted by Crippen LogP contribution is 2.05. The Balaban J connectivity index is 2.97. The lowest BCUT2D eigenvalue weighted by atomic mass is 10.0. The Morgan fingerprint density at radius 1 is 1.12 bits per heavy atom. The maximum Gasteiger partial charge on any atom is 0.322 e. The molecule has 1 heterocycles. The number of hydrogen-bond acceptors (Lipinski definition) is 7. The number of aliphatic carboxylic acids is 1. The van der Waals surface area contributed by atoms with Crippen LogP contribution in [0.5, 0.6) is 0 Å². The Hall–Kier alpha value is -3.68. The van der Waals surface area contributed by atoms with Gasteiger partial charge in [-0.25, -0.2) is 4.98 Å². The molecule has 1 rings (SSSR count). The van der Waals surface area contributed by atoms with Crippen molar-refractivity contribution in [3.05, 3.63) is 18.2 Å². The van der Waals surface area contributed by atoms with Crippen molar-refractivity contribution in [3.8, 4) is 0 Å². The molecule has 3 unspecified atom stereocenters. The zero-order chi connectivity index (χ0) is 25.0. The molecule has 33 heavy (non-hydrogen) atoms. The fraction of sp³-hybridized carbons (Fsp3) is 0.579. The Morgan fingerprint density at radius 2 is 1.79 bits per heavy atom. The number of nitrogens with zero attached hydrogens (tertiary/aromatic N) is 2. The molecule has 0 aliphatic carbocycles. The standard InChI is InChI=1S/C19H33N9O5/c1-10(2)15(20)18(33)28-13(6-11-7-23-9-26-11)17(32)27-12(4-3-5-24-19(21)22)16(31)25-8-14(29)30/h7,9-10,12-13,15H,3-6,8,20H2,1-2H3,(H,23,26)(H,25,31)(H,27,32)(H,28,33)(H,29,30)(H4,21,22,24). The van der Waals surface area contributed by atoms with Crippen molar-refractivity contribution in [2.24, 2.45) is 28.1 Å². The van der Waals surface area contributed by atoms with Crippen molar-refractivity contribution in [1.29, 1.82) is 0 Å². The summed E-state index contributed by atoms with van der Waals surface area (Å²) in [6.45, 7) is 3.14. The van der Waals surface area contributed by atoms with E-state index in [9.17, 15) is 19.2 Å². The summed E-state index contributed by atoms with van der Waals surface area (Å²) in [5.41, 5.74) is 17.0. The van der Waals surface area contributed by atoms with Gasteiger partial charge in [-0.1, -0.05) is 13.8 Å². The van der Waals surface area contributed by atoms with Crippen LogP contribution in [0.15, 0.2) is 17.5 Å². The Labute approximate surface area is 191 Å². The van der Waals surface area contributed by atoms with Gasteiger partial charge < -0.3 is 43.2 Å². The number of nitrogens with one attached hydrogen (secondary N) is 4. The second-order valence-electron chi connectivity index (χ2n) is 7.73. The highest BCUT2D eigenvalue weighted by molar-refractivity contribution is 5.93. The number of H-pyrrole nitrogens is 1. The number of aromatic nitrogens is 2. The maximum absolute atomic E-state index is 13.0. The predicted molar refractivity (Wildman–Crippen MR) is 120 cm³/mol. The second kappa shape index (κ2) is 13.7. The van der Waals surface area contributed by atoms with Gasteiger partial charge in [-0.2, -0.15) is 0 Å². The van der Waals surface area contributed by atoms with Gasteiger partial charge in [-0.05, 0) is 18.8 Å². The Morgan fingerprint density at radius 3 is 2.33 bits per heavy atom. The van der Waals surface area contributed by atoms with Gasteiger partial charge in [-0.15, -0.1) is 0 Å². The van der Waals surface area contributed by atoms with Gasteiger partial charge in [0.15, 0.2) is 5.96 Å². The minimum absolute atomic E-state index is 0.0693. The third-order valence-corrected chi connectivity index (χ3v) is 4.62. The number of amides is 3. The first-order valence-corrected chi connectivity index (χ1v) is 10.4. The average molecular weight is 468 g/mol. The van der Waals surface area contributed by atoms with Crippen LogP contribution < -0.4 is 33.2 Å². The number of aromatic amines is 1. The first kappa shape index (κ1) is 27.4. The molecule has 0 aliphatic heterocycles. The lowest BCUT2D eigenvalue weighted by molar-refractivity contribution is -0.138. The summed E-state index contributed by atoms with van der Waals surface area (Å²) in [4.78, 5) is 59.3. The average Bonchev–Trinajstić information content (AvgIpc) is 3.25. The maximum atomic E-state index is 13.0. The van der Waals surface area contributed by atoms with Crippen LogP contribution in [0.4, 0.5) is 0 Å². The van der Waals surface area contributed by atoms with E-state index in [0.29, 0.717) is 12.1 Å². The summed E-state index contributed by atoms with van der Waals surface area (Å²) in [7, 11) is 0. The van der Waals surface area contributed by atoms with E-state index in [2.05, 4.69) is 30.9 Å². The van der Waals surface area contributed by atoms with Crippen LogP contribution in [0.1, 0.15) is 32.4 Å². The van der Waals surface area contributed by atoms with Crippen LogP contribution in [0, 0.1) is 5.92 Å². The number of imidazole rings is 1. The third-order valence-electron chi connectivity index (χ3n) is 4.62. The number of carboxylic acids is 1. The van der Waals surface area contributed by atoms with Gasteiger partial charge >= 0.3 is 5.97 Å². The number of carboxylic acid groups (broad SMARTS) is 1. The number of rotatable bonds is 14. The van der Waals surface area contributed by atoms with Crippen LogP contribution >= 0.6 is 0 Å². The number of aliphatic imine (C=N–C) groups is 1. The monoisotopic (exact) mass is 467 g/mol. The van der Waals surface area contributed by atoms with Crippen molar-refractivity contribution < 1.29 is 24.3 Å². The smallest absolute Gasteiger partial charge is 0.322 e. The van der Waals surface area contributed by atoms with E-state index in [0.717, 1.165) is 0 Å². The molecule has 3 atom stereocenters. The van der Waals surface area contributed by atoms with E-state index in [1.807, 2.05) is 0 Å². The van der Waals surface area contributed by atoms with Crippen molar-refractivity contribution in [2.45, 2.75) is 51.2 Å². The van der Waals surface area contributed by atoms with E-state index in [-0.39, 0.29) is 31.3 Å². The Bertz CT molecular complexity index is 822. The summed E-state index contributed by atoms with van der Waals surface area (Å²) < 4.78 is 0. The quantitative estimate of drug-likeness (QED) is 0.0796. The summed E-state index contributed by atoms with van der Waals surface area (Å²) in [6, 6.07) is -2.97. The number of hydrogen-bond donors (Lipinski definition) is 8. The highest BCUT2D eigenvalue weighted by Gasteiger charge is 2.29. The van der Waals surface area contributed by atoms with E-state index < -0.39 is 48.4 Å². The van der Waals surface area contributed by atoms with Gasteiger partial charge in [0.05, 0.1) is 12.4 Å². The van der Waals surface area contributed by atoms with Crippen LogP contribution in [0.2, 0.25) is 0 Å². The predicted octanol–water partition coefficient (Wildman–Crippen LogP) is -2.84. The lowest BCUT2D eigenvalue weighted by Crippen LogP contribution is -2.57. The molecular weight excluding hydrogens is 434 g/mol. The molecule has 0 aliphatic rings. The van der Waals surface area contributed by atoms with Crippen LogP contribution in [0.3, 0.4) is 0 Å². The van der Waals surface area contributed by atoms with Crippen molar-refractivity contribution in [1.82, 2.24) is 25.9 Å². The molecule has 0 saturated carbocycles. The molecule has 0 radical (unpaired) electrons. The molecule has 0 saturated heterocycles. The fourth-order valence-electron chi connectivity index (χ4n) is 2.73. The SMILES string of the molecule is CC(C)C(N)C(=O)NC(Cc1cnc[nH]1)C(=O)NC(CCCN=C(N)N)C(=O)NCC(=O)O. The summed E-state index contributed by atoms with van der Waals surface area (Å²) in [6.07, 6.45) is 3.46. The summed E-state index contributed by atoms with van der Waals surface area (Å²) >= 11 is 0. The molecule has 184 valence electrons. The molecule has 1 aromatic heterocycles. The van der Waals surface area contributed by atoms with Crippen molar-refractivity contribution in [2.75, 3.05) is 13.1 Å². The third kappa shape index (κ3) is 10.5. The van der Waals surface area contributed by atoms with Gasteiger partial charge in [0, 0.05) is 24.9 Å². The van der Waals surface area contributed by atoms with E-state index in [1.165, 1.54) is 12.5 Å². The van der Waals surface area contributed by atoms with E-state index in [4.69, 9.17) is 22.3 Å². The number of carbonyl (C=O) groups excluding carboxylic acids is 3. The van der Waals surface area contributed by atoms with Crippen LogP contribution in [-0.4, -0.2) is 75.9 Å².